The molecule has 2 aromatic carbocycles. The third-order valence-corrected chi connectivity index (χ3v) is 5.33. The number of hydrogen-bond acceptors (Lipinski definition) is 5. The Morgan fingerprint density at radius 1 is 0.923 bits per heavy atom. The second-order valence-electron chi connectivity index (χ2n) is 5.89. The molecule has 2 aromatic rings. The summed E-state index contributed by atoms with van der Waals surface area (Å²) in [6.07, 6.45) is 1.81. The standard InChI is InChI=1S/C18H13NO5S.Na/c20-17-12-6-2-3-7-13(12)18(21)16(17)15-10-9-11-5-1-4-8-14(11)19(15)25(22,23)24;/h1-8,10,16H,9H2,(H,22,23,24);/q;+1/p-1. The largest absolute Gasteiger partial charge is 1.00 e. The van der Waals surface area contributed by atoms with E-state index in [1.165, 1.54) is 24.3 Å². The third-order valence-electron chi connectivity index (χ3n) is 4.48. The average Bonchev–Trinajstić information content (AvgIpc) is 2.84. The first-order valence-corrected chi connectivity index (χ1v) is 8.97. The molecule has 0 bridgehead atoms. The fourth-order valence-corrected chi connectivity index (χ4v) is 4.27. The predicted molar refractivity (Wildman–Crippen MR) is 89.0 cm³/mol. The monoisotopic (exact) mass is 377 g/mol. The summed E-state index contributed by atoms with van der Waals surface area (Å²) in [6.45, 7) is 0. The minimum atomic E-state index is -4.95. The van der Waals surface area contributed by atoms with Gasteiger partial charge in [0.05, 0.1) is 5.69 Å². The molecule has 0 fully saturated rings. The summed E-state index contributed by atoms with van der Waals surface area (Å²) in [5.41, 5.74) is 1.24. The molecule has 0 saturated carbocycles. The van der Waals surface area contributed by atoms with E-state index in [0.717, 1.165) is 0 Å². The van der Waals surface area contributed by atoms with Crippen LogP contribution in [0.4, 0.5) is 5.69 Å². The number of carbonyl (C=O) groups is 2. The van der Waals surface area contributed by atoms with Crippen LogP contribution in [0.25, 0.3) is 0 Å². The van der Waals surface area contributed by atoms with Gasteiger partial charge in [-0.25, -0.2) is 8.42 Å². The van der Waals surface area contributed by atoms with Crippen molar-refractivity contribution in [2.24, 2.45) is 5.92 Å². The van der Waals surface area contributed by atoms with Crippen molar-refractivity contribution in [2.45, 2.75) is 6.42 Å². The van der Waals surface area contributed by atoms with Crippen molar-refractivity contribution in [1.82, 2.24) is 0 Å². The molecular formula is C18H12NNaO5S. The van der Waals surface area contributed by atoms with E-state index in [9.17, 15) is 22.6 Å². The molecule has 0 radical (unpaired) electrons. The van der Waals surface area contributed by atoms with Gasteiger partial charge in [0, 0.05) is 16.8 Å². The van der Waals surface area contributed by atoms with E-state index in [1.54, 1.807) is 30.3 Å². The Hall–Kier alpha value is -1.77. The maximum atomic E-state index is 12.7. The van der Waals surface area contributed by atoms with Gasteiger partial charge in [-0.2, -0.15) is 0 Å². The number of carbonyl (C=O) groups excluding carboxylic acids is 2. The van der Waals surface area contributed by atoms with Crippen LogP contribution in [0, 0.1) is 5.92 Å². The smallest absolute Gasteiger partial charge is 0.731 e. The van der Waals surface area contributed by atoms with Crippen LogP contribution in [0.2, 0.25) is 0 Å². The number of anilines is 1. The van der Waals surface area contributed by atoms with Crippen LogP contribution >= 0.6 is 0 Å². The van der Waals surface area contributed by atoms with Gasteiger partial charge in [-0.3, -0.25) is 13.9 Å². The predicted octanol–water partition coefficient (Wildman–Crippen LogP) is -0.907. The number of nitrogens with zero attached hydrogens (tertiary/aromatic N) is 1. The molecule has 1 aliphatic heterocycles. The first kappa shape index (κ1) is 19.0. The average molecular weight is 377 g/mol. The SMILES string of the molecule is O=C1c2ccccc2C(=O)C1C1=CCc2ccccc2N1S(=O)(=O)[O-].[Na+]. The number of Topliss-reactive ketones (excluding diaryl/α,β-unsaturated/α-hetero) is 2. The Bertz CT molecular complexity index is 1030. The van der Waals surface area contributed by atoms with E-state index in [4.69, 9.17) is 0 Å². The summed E-state index contributed by atoms with van der Waals surface area (Å²) in [5, 5.41) is 0. The molecule has 1 aliphatic carbocycles. The molecule has 0 amide bonds. The Labute approximate surface area is 172 Å². The van der Waals surface area contributed by atoms with Crippen LogP contribution < -0.4 is 33.9 Å². The van der Waals surface area contributed by atoms with Crippen molar-refractivity contribution in [3.8, 4) is 0 Å². The molecule has 0 N–H and O–H groups in total. The maximum Gasteiger partial charge on any atom is 1.00 e. The molecule has 2 aliphatic rings. The van der Waals surface area contributed by atoms with E-state index in [1.807, 2.05) is 0 Å². The normalized spacial score (nSPS) is 16.7. The van der Waals surface area contributed by atoms with Gasteiger partial charge in [0.15, 0.2) is 21.9 Å². The Kier molecular flexibility index (Phi) is 4.94. The molecule has 8 heteroatoms. The summed E-state index contributed by atoms with van der Waals surface area (Å²) in [6, 6.07) is 12.9. The summed E-state index contributed by atoms with van der Waals surface area (Å²) < 4.78 is 36.3. The maximum absolute atomic E-state index is 12.7. The third kappa shape index (κ3) is 2.86. The summed E-state index contributed by atoms with van der Waals surface area (Å²) in [7, 11) is -4.95. The topological polar surface area (TPSA) is 94.6 Å². The number of rotatable bonds is 2. The quantitative estimate of drug-likeness (QED) is 0.384. The fraction of sp³-hybridized carbons (Fsp3) is 0.111. The molecular weight excluding hydrogens is 365 g/mol. The van der Waals surface area contributed by atoms with E-state index < -0.39 is 27.8 Å². The number of para-hydroxylation sites is 1. The van der Waals surface area contributed by atoms with Gasteiger partial charge >= 0.3 is 29.6 Å². The van der Waals surface area contributed by atoms with Crippen LogP contribution in [-0.4, -0.2) is 24.5 Å². The number of hydrogen-bond donors (Lipinski definition) is 0. The van der Waals surface area contributed by atoms with Crippen LogP contribution in [0.1, 0.15) is 26.3 Å². The molecule has 1 heterocycles. The van der Waals surface area contributed by atoms with Crippen molar-refractivity contribution in [3.05, 3.63) is 77.0 Å². The number of allylic oxidation sites excluding steroid dienone is 2. The van der Waals surface area contributed by atoms with E-state index >= 15 is 0 Å². The van der Waals surface area contributed by atoms with Crippen LogP contribution in [0.5, 0.6) is 0 Å². The van der Waals surface area contributed by atoms with Crippen molar-refractivity contribution < 1.29 is 52.1 Å². The number of benzene rings is 2. The van der Waals surface area contributed by atoms with E-state index in [-0.39, 0.29) is 52.1 Å². The zero-order valence-electron chi connectivity index (χ0n) is 13.9. The zero-order valence-corrected chi connectivity index (χ0v) is 16.7. The van der Waals surface area contributed by atoms with Crippen molar-refractivity contribution in [3.63, 3.8) is 0 Å². The second-order valence-corrected chi connectivity index (χ2v) is 7.11. The van der Waals surface area contributed by atoms with Gasteiger partial charge in [-0.15, -0.1) is 0 Å². The van der Waals surface area contributed by atoms with Gasteiger partial charge in [0.2, 0.25) is 0 Å². The summed E-state index contributed by atoms with van der Waals surface area (Å²) in [5.74, 6) is -2.28. The Balaban J connectivity index is 0.00000196. The van der Waals surface area contributed by atoms with Gasteiger partial charge in [0.25, 0.3) is 0 Å². The van der Waals surface area contributed by atoms with Gasteiger partial charge in [0.1, 0.15) is 5.92 Å². The second kappa shape index (κ2) is 6.75. The number of ketones is 2. The van der Waals surface area contributed by atoms with Gasteiger partial charge < -0.3 is 4.55 Å². The molecule has 26 heavy (non-hydrogen) atoms. The van der Waals surface area contributed by atoms with Crippen LogP contribution in [-0.2, 0) is 16.7 Å². The Morgan fingerprint density at radius 2 is 1.46 bits per heavy atom. The minimum Gasteiger partial charge on any atom is -0.731 e. The van der Waals surface area contributed by atoms with E-state index in [0.29, 0.717) is 16.3 Å². The molecule has 0 saturated heterocycles. The minimum absolute atomic E-state index is 0. The number of fused-ring (bicyclic) bond motifs is 2. The van der Waals surface area contributed by atoms with Crippen LogP contribution in [0.3, 0.4) is 0 Å². The molecule has 0 atom stereocenters. The molecule has 4 rings (SSSR count). The van der Waals surface area contributed by atoms with Gasteiger partial charge in [-0.1, -0.05) is 48.5 Å². The molecule has 6 nitrogen and oxygen atoms in total. The Morgan fingerprint density at radius 3 is 2.04 bits per heavy atom. The van der Waals surface area contributed by atoms with Crippen molar-refractivity contribution in [2.75, 3.05) is 4.31 Å². The molecule has 126 valence electrons. The van der Waals surface area contributed by atoms with Gasteiger partial charge in [-0.05, 0) is 18.1 Å². The van der Waals surface area contributed by atoms with Crippen LogP contribution in [0.15, 0.2) is 60.3 Å². The molecule has 0 aromatic heterocycles. The summed E-state index contributed by atoms with van der Waals surface area (Å²) >= 11 is 0. The fourth-order valence-electron chi connectivity index (χ4n) is 3.41. The van der Waals surface area contributed by atoms with Crippen molar-refractivity contribution in [1.29, 1.82) is 0 Å². The van der Waals surface area contributed by atoms with Crippen molar-refractivity contribution >= 4 is 27.6 Å². The summed E-state index contributed by atoms with van der Waals surface area (Å²) in [4.78, 5) is 25.4. The zero-order chi connectivity index (χ0) is 17.8. The molecule has 0 unspecified atom stereocenters. The van der Waals surface area contributed by atoms with E-state index in [2.05, 4.69) is 0 Å². The first-order chi connectivity index (χ1) is 11.9. The molecule has 0 spiro atoms. The first-order valence-electron chi connectivity index (χ1n) is 7.61.